The summed E-state index contributed by atoms with van der Waals surface area (Å²) in [6.07, 6.45) is 3.18. The lowest BCUT2D eigenvalue weighted by Crippen LogP contribution is -2.25. The standard InChI is InChI=1S/C17H16BrN3OS/c1-10-5-6-13-14(7-10)23-16-15(13)17(22)21(20-19-16)9-11-3-2-4-12(18)8-11/h2-4,8,10H,5-7,9H2,1H3. The van der Waals surface area contributed by atoms with Crippen LogP contribution in [-0.2, 0) is 19.4 Å². The molecule has 2 heterocycles. The number of nitrogens with zero attached hydrogens (tertiary/aromatic N) is 3. The van der Waals surface area contributed by atoms with Gasteiger partial charge < -0.3 is 0 Å². The zero-order valence-corrected chi connectivity index (χ0v) is 15.2. The first-order valence-corrected chi connectivity index (χ1v) is 9.35. The van der Waals surface area contributed by atoms with Gasteiger partial charge in [0.1, 0.15) is 0 Å². The number of thiophene rings is 1. The topological polar surface area (TPSA) is 47.8 Å². The minimum atomic E-state index is -0.0120. The lowest BCUT2D eigenvalue weighted by atomic mass is 9.89. The van der Waals surface area contributed by atoms with Crippen LogP contribution in [0.5, 0.6) is 0 Å². The second-order valence-corrected chi connectivity index (χ2v) is 8.21. The SMILES string of the molecule is CC1CCc2c(sc3nnn(Cc4cccc(Br)c4)c(=O)c23)C1. The molecule has 0 amide bonds. The van der Waals surface area contributed by atoms with Crippen molar-refractivity contribution in [2.24, 2.45) is 5.92 Å². The van der Waals surface area contributed by atoms with Crippen molar-refractivity contribution >= 4 is 37.5 Å². The Morgan fingerprint density at radius 2 is 2.30 bits per heavy atom. The first-order valence-electron chi connectivity index (χ1n) is 7.74. The molecule has 0 bridgehead atoms. The Balaban J connectivity index is 1.80. The van der Waals surface area contributed by atoms with Crippen LogP contribution in [0.15, 0.2) is 33.5 Å². The molecule has 1 aromatic carbocycles. The van der Waals surface area contributed by atoms with E-state index in [2.05, 4.69) is 33.2 Å². The molecule has 0 fully saturated rings. The van der Waals surface area contributed by atoms with Gasteiger partial charge in [-0.1, -0.05) is 40.2 Å². The molecule has 23 heavy (non-hydrogen) atoms. The summed E-state index contributed by atoms with van der Waals surface area (Å²) >= 11 is 5.10. The average molecular weight is 390 g/mol. The molecule has 0 saturated heterocycles. The fraction of sp³-hybridized carbons (Fsp3) is 0.353. The zero-order valence-electron chi connectivity index (χ0n) is 12.8. The number of aryl methyl sites for hydroxylation is 1. The van der Waals surface area contributed by atoms with Crippen LogP contribution in [0.3, 0.4) is 0 Å². The quantitative estimate of drug-likeness (QED) is 0.669. The first-order chi connectivity index (χ1) is 11.1. The van der Waals surface area contributed by atoms with E-state index in [9.17, 15) is 4.79 Å². The summed E-state index contributed by atoms with van der Waals surface area (Å²) in [5.74, 6) is 0.687. The van der Waals surface area contributed by atoms with Gasteiger partial charge in [-0.15, -0.1) is 16.4 Å². The van der Waals surface area contributed by atoms with Crippen LogP contribution in [0, 0.1) is 5.92 Å². The van der Waals surface area contributed by atoms with Crippen LogP contribution in [0.25, 0.3) is 10.2 Å². The monoisotopic (exact) mass is 389 g/mol. The van der Waals surface area contributed by atoms with Gasteiger partial charge in [-0.25, -0.2) is 4.68 Å². The predicted octanol–water partition coefficient (Wildman–Crippen LogP) is 3.79. The molecule has 1 unspecified atom stereocenters. The Morgan fingerprint density at radius 3 is 3.13 bits per heavy atom. The van der Waals surface area contributed by atoms with E-state index in [4.69, 9.17) is 0 Å². The third kappa shape index (κ3) is 2.74. The summed E-state index contributed by atoms with van der Waals surface area (Å²) < 4.78 is 2.48. The third-order valence-electron chi connectivity index (χ3n) is 4.41. The molecule has 0 N–H and O–H groups in total. The van der Waals surface area contributed by atoms with E-state index in [1.54, 1.807) is 11.3 Å². The highest BCUT2D eigenvalue weighted by atomic mass is 79.9. The maximum atomic E-state index is 12.9. The molecule has 4 rings (SSSR count). The van der Waals surface area contributed by atoms with Gasteiger partial charge in [0.05, 0.1) is 11.9 Å². The van der Waals surface area contributed by atoms with Gasteiger partial charge in [-0.3, -0.25) is 4.79 Å². The maximum Gasteiger partial charge on any atom is 0.279 e. The van der Waals surface area contributed by atoms with E-state index in [0.29, 0.717) is 12.5 Å². The van der Waals surface area contributed by atoms with Gasteiger partial charge in [0.2, 0.25) is 0 Å². The van der Waals surface area contributed by atoms with Gasteiger partial charge in [0.15, 0.2) is 4.83 Å². The molecule has 1 aliphatic carbocycles. The summed E-state index contributed by atoms with van der Waals surface area (Å²) in [6.45, 7) is 2.72. The van der Waals surface area contributed by atoms with E-state index in [0.717, 1.165) is 39.5 Å². The first kappa shape index (κ1) is 15.0. The molecule has 4 nitrogen and oxygen atoms in total. The summed E-state index contributed by atoms with van der Waals surface area (Å²) in [5, 5.41) is 9.25. The van der Waals surface area contributed by atoms with E-state index in [-0.39, 0.29) is 5.56 Å². The second kappa shape index (κ2) is 5.83. The lowest BCUT2D eigenvalue weighted by Gasteiger charge is -2.17. The van der Waals surface area contributed by atoms with Crippen LogP contribution in [-0.4, -0.2) is 15.0 Å². The van der Waals surface area contributed by atoms with Crippen molar-refractivity contribution in [3.8, 4) is 0 Å². The minimum Gasteiger partial charge on any atom is -0.267 e. The van der Waals surface area contributed by atoms with Crippen molar-refractivity contribution in [2.75, 3.05) is 0 Å². The molecule has 1 aliphatic rings. The van der Waals surface area contributed by atoms with Crippen LogP contribution in [0.2, 0.25) is 0 Å². The lowest BCUT2D eigenvalue weighted by molar-refractivity contribution is 0.508. The van der Waals surface area contributed by atoms with Crippen LogP contribution in [0.1, 0.15) is 29.3 Å². The molecule has 3 aromatic rings. The normalized spacial score (nSPS) is 17.4. The van der Waals surface area contributed by atoms with Crippen molar-refractivity contribution in [3.05, 3.63) is 55.1 Å². The fourth-order valence-corrected chi connectivity index (χ4v) is 4.97. The predicted molar refractivity (Wildman–Crippen MR) is 96.1 cm³/mol. The van der Waals surface area contributed by atoms with Gasteiger partial charge in [0.25, 0.3) is 5.56 Å². The Kier molecular flexibility index (Phi) is 3.81. The smallest absolute Gasteiger partial charge is 0.267 e. The van der Waals surface area contributed by atoms with E-state index in [1.165, 1.54) is 15.1 Å². The zero-order chi connectivity index (χ0) is 16.0. The minimum absolute atomic E-state index is 0.0120. The number of hydrogen-bond donors (Lipinski definition) is 0. The summed E-state index contributed by atoms with van der Waals surface area (Å²) in [5.41, 5.74) is 2.24. The molecule has 0 spiro atoms. The Labute approximate surface area is 146 Å². The average Bonchev–Trinajstić information content (AvgIpc) is 2.88. The van der Waals surface area contributed by atoms with E-state index < -0.39 is 0 Å². The molecular formula is C17H16BrN3OS. The van der Waals surface area contributed by atoms with Crippen LogP contribution in [0.4, 0.5) is 0 Å². The molecule has 0 saturated carbocycles. The Bertz CT molecular complexity index is 947. The van der Waals surface area contributed by atoms with Crippen LogP contribution >= 0.6 is 27.3 Å². The fourth-order valence-electron chi connectivity index (χ4n) is 3.20. The summed E-state index contributed by atoms with van der Waals surface area (Å²) in [6, 6.07) is 7.93. The van der Waals surface area contributed by atoms with Gasteiger partial charge >= 0.3 is 0 Å². The van der Waals surface area contributed by atoms with E-state index in [1.807, 2.05) is 24.3 Å². The van der Waals surface area contributed by atoms with Crippen molar-refractivity contribution in [1.82, 2.24) is 15.0 Å². The maximum absolute atomic E-state index is 12.9. The second-order valence-electron chi connectivity index (χ2n) is 6.21. The summed E-state index contributed by atoms with van der Waals surface area (Å²) in [4.78, 5) is 15.0. The number of fused-ring (bicyclic) bond motifs is 3. The molecule has 118 valence electrons. The van der Waals surface area contributed by atoms with Gasteiger partial charge in [0, 0.05) is 9.35 Å². The Hall–Kier alpha value is -1.53. The van der Waals surface area contributed by atoms with Crippen molar-refractivity contribution in [2.45, 2.75) is 32.7 Å². The van der Waals surface area contributed by atoms with Crippen LogP contribution < -0.4 is 5.56 Å². The number of halogens is 1. The van der Waals surface area contributed by atoms with Crippen molar-refractivity contribution in [1.29, 1.82) is 0 Å². The number of rotatable bonds is 2. The number of aromatic nitrogens is 3. The molecule has 6 heteroatoms. The molecule has 0 aliphatic heterocycles. The van der Waals surface area contributed by atoms with E-state index >= 15 is 0 Å². The van der Waals surface area contributed by atoms with Gasteiger partial charge in [-0.05, 0) is 48.4 Å². The highest BCUT2D eigenvalue weighted by Gasteiger charge is 2.23. The largest absolute Gasteiger partial charge is 0.279 e. The summed E-state index contributed by atoms with van der Waals surface area (Å²) in [7, 11) is 0. The number of benzene rings is 1. The molecule has 0 radical (unpaired) electrons. The molecular weight excluding hydrogens is 374 g/mol. The third-order valence-corrected chi connectivity index (χ3v) is 6.04. The Morgan fingerprint density at radius 1 is 1.43 bits per heavy atom. The highest BCUT2D eigenvalue weighted by Crippen LogP contribution is 2.35. The molecule has 2 aromatic heterocycles. The number of hydrogen-bond acceptors (Lipinski definition) is 4. The van der Waals surface area contributed by atoms with Crippen molar-refractivity contribution in [3.63, 3.8) is 0 Å². The molecule has 1 atom stereocenters. The van der Waals surface area contributed by atoms with Gasteiger partial charge in [-0.2, -0.15) is 0 Å². The highest BCUT2D eigenvalue weighted by molar-refractivity contribution is 9.10. The van der Waals surface area contributed by atoms with Crippen molar-refractivity contribution < 1.29 is 0 Å².